The number of aliphatic carboxylic acids is 1. The molecule has 4 atom stereocenters. The number of ether oxygens (including phenoxy) is 2. The van der Waals surface area contributed by atoms with Crippen LogP contribution in [0.15, 0.2) is 0 Å². The molecule has 0 fully saturated rings. The second-order valence-electron chi connectivity index (χ2n) is 9.99. The summed E-state index contributed by atoms with van der Waals surface area (Å²) in [6.45, 7) is 7.79. The van der Waals surface area contributed by atoms with E-state index in [0.29, 0.717) is 19.3 Å². The lowest BCUT2D eigenvalue weighted by Gasteiger charge is -2.28. The SMILES string of the molecule is CCCCCCCCCCCS(=O)(=O)C(CCCCCCCC)C(C)OC(OCCC)([PH+]=O)C(=O)O. The molecule has 7 nitrogen and oxygen atoms in total. The summed E-state index contributed by atoms with van der Waals surface area (Å²) in [4.78, 5) is 11.9. The summed E-state index contributed by atoms with van der Waals surface area (Å²) in [6, 6.07) is 0. The Hall–Kier alpha value is -0.560. The van der Waals surface area contributed by atoms with E-state index in [9.17, 15) is 22.9 Å². The van der Waals surface area contributed by atoms with Crippen molar-refractivity contribution in [1.82, 2.24) is 0 Å². The van der Waals surface area contributed by atoms with Crippen LogP contribution in [-0.4, -0.2) is 48.7 Å². The zero-order valence-electron chi connectivity index (χ0n) is 23.4. The highest BCUT2D eigenvalue weighted by Gasteiger charge is 2.54. The monoisotopic (exact) mass is 553 g/mol. The Labute approximate surface area is 222 Å². The fourth-order valence-electron chi connectivity index (χ4n) is 4.42. The van der Waals surface area contributed by atoms with E-state index >= 15 is 0 Å². The standard InChI is InChI=1S/C27H53O7PS/c1-5-8-10-12-14-15-16-18-20-23-36(31,32)25(21-19-17-13-11-9-6-2)24(4)34-27(35-30,26(28)29)33-22-7-3/h24-25H,5-23H2,1-4H3,(H,28,29)/p+1. The average molecular weight is 554 g/mol. The topological polar surface area (TPSA) is 107 Å². The maximum Gasteiger partial charge on any atom is 0.472 e. The molecule has 0 saturated carbocycles. The number of sulfone groups is 1. The predicted molar refractivity (Wildman–Crippen MR) is 149 cm³/mol. The highest BCUT2D eigenvalue weighted by Crippen LogP contribution is 2.32. The van der Waals surface area contributed by atoms with E-state index in [1.54, 1.807) is 13.8 Å². The van der Waals surface area contributed by atoms with Gasteiger partial charge in [-0.1, -0.05) is 115 Å². The number of hydrogen-bond acceptors (Lipinski definition) is 6. The second kappa shape index (κ2) is 21.4. The van der Waals surface area contributed by atoms with E-state index in [1.807, 2.05) is 0 Å². The minimum atomic E-state index is -3.52. The first-order valence-electron chi connectivity index (χ1n) is 14.4. The lowest BCUT2D eigenvalue weighted by atomic mass is 10.1. The first-order chi connectivity index (χ1) is 17.2. The fraction of sp³-hybridized carbons (Fsp3) is 0.963. The van der Waals surface area contributed by atoms with Crippen molar-refractivity contribution in [2.45, 2.75) is 154 Å². The van der Waals surface area contributed by atoms with Gasteiger partial charge in [-0.2, -0.15) is 0 Å². The Balaban J connectivity index is 5.13. The van der Waals surface area contributed by atoms with Crippen molar-refractivity contribution in [2.24, 2.45) is 0 Å². The molecule has 0 bridgehead atoms. The van der Waals surface area contributed by atoms with Gasteiger partial charge in [0.15, 0.2) is 9.84 Å². The van der Waals surface area contributed by atoms with Gasteiger partial charge in [-0.3, -0.25) is 4.74 Å². The van der Waals surface area contributed by atoms with Crippen LogP contribution in [0.25, 0.3) is 0 Å². The van der Waals surface area contributed by atoms with Crippen LogP contribution < -0.4 is 0 Å². The predicted octanol–water partition coefficient (Wildman–Crippen LogP) is 7.65. The molecular formula is C27H54O7PS+. The molecule has 0 aromatic carbocycles. The summed E-state index contributed by atoms with van der Waals surface area (Å²) in [5.41, 5.74) is -2.33. The second-order valence-corrected chi connectivity index (χ2v) is 13.2. The van der Waals surface area contributed by atoms with Crippen molar-refractivity contribution >= 4 is 24.3 Å². The Bertz CT molecular complexity index is 671. The van der Waals surface area contributed by atoms with Gasteiger partial charge < -0.3 is 9.84 Å². The van der Waals surface area contributed by atoms with Crippen molar-refractivity contribution < 1.29 is 32.4 Å². The quantitative estimate of drug-likeness (QED) is 0.0666. The number of rotatable bonds is 26. The van der Waals surface area contributed by atoms with Crippen LogP contribution in [0.4, 0.5) is 0 Å². The maximum absolute atomic E-state index is 13.4. The van der Waals surface area contributed by atoms with Crippen LogP contribution >= 0.6 is 8.46 Å². The molecule has 4 unspecified atom stereocenters. The van der Waals surface area contributed by atoms with Crippen LogP contribution in [0, 0.1) is 0 Å². The molecule has 36 heavy (non-hydrogen) atoms. The van der Waals surface area contributed by atoms with Gasteiger partial charge in [-0.25, -0.2) is 13.2 Å². The molecule has 214 valence electrons. The average Bonchev–Trinajstić information content (AvgIpc) is 2.84. The van der Waals surface area contributed by atoms with E-state index in [-0.39, 0.29) is 12.4 Å². The van der Waals surface area contributed by atoms with Crippen molar-refractivity contribution in [3.05, 3.63) is 0 Å². The van der Waals surface area contributed by atoms with Gasteiger partial charge in [-0.15, -0.1) is 0 Å². The van der Waals surface area contributed by atoms with Gasteiger partial charge in [0.05, 0.1) is 23.7 Å². The molecule has 0 aromatic rings. The van der Waals surface area contributed by atoms with Crippen LogP contribution in [0.3, 0.4) is 0 Å². The Morgan fingerprint density at radius 2 is 1.28 bits per heavy atom. The van der Waals surface area contributed by atoms with E-state index in [1.165, 1.54) is 38.5 Å². The van der Waals surface area contributed by atoms with E-state index in [0.717, 1.165) is 51.4 Å². The van der Waals surface area contributed by atoms with Crippen LogP contribution in [0.5, 0.6) is 0 Å². The maximum atomic E-state index is 13.4. The molecule has 0 heterocycles. The normalized spacial score (nSPS) is 15.6. The minimum absolute atomic E-state index is 0.0571. The first kappa shape index (κ1) is 35.4. The Morgan fingerprint density at radius 3 is 1.72 bits per heavy atom. The Morgan fingerprint density at radius 1 is 0.806 bits per heavy atom. The first-order valence-corrected chi connectivity index (χ1v) is 17.0. The molecule has 0 aliphatic rings. The third-order valence-corrected chi connectivity index (χ3v) is 9.78. The number of unbranched alkanes of at least 4 members (excludes halogenated alkanes) is 13. The number of carboxylic acids is 1. The van der Waals surface area contributed by atoms with Crippen LogP contribution in [0.1, 0.15) is 137 Å². The molecule has 0 spiro atoms. The largest absolute Gasteiger partial charge is 0.474 e. The van der Waals surface area contributed by atoms with Crippen LogP contribution in [0.2, 0.25) is 0 Å². The van der Waals surface area contributed by atoms with Crippen molar-refractivity contribution in [3.63, 3.8) is 0 Å². The molecule has 0 amide bonds. The number of carbonyl (C=O) groups is 1. The molecule has 0 aromatic heterocycles. The van der Waals surface area contributed by atoms with Gasteiger partial charge in [0.2, 0.25) is 0 Å². The third kappa shape index (κ3) is 15.0. The van der Waals surface area contributed by atoms with Gasteiger partial charge in [0.25, 0.3) is 0 Å². The molecule has 0 saturated heterocycles. The van der Waals surface area contributed by atoms with Crippen LogP contribution in [-0.2, 0) is 28.7 Å². The zero-order valence-corrected chi connectivity index (χ0v) is 25.2. The molecule has 0 aliphatic carbocycles. The molecular weight excluding hydrogens is 499 g/mol. The highest BCUT2D eigenvalue weighted by molar-refractivity contribution is 7.92. The summed E-state index contributed by atoms with van der Waals surface area (Å²) in [5.74, 6) is -1.43. The summed E-state index contributed by atoms with van der Waals surface area (Å²) in [5, 5.41) is 8.83. The highest BCUT2D eigenvalue weighted by atomic mass is 32.2. The number of hydrogen-bond donors (Lipinski definition) is 1. The fourth-order valence-corrected chi connectivity index (χ4v) is 6.98. The van der Waals surface area contributed by atoms with Crippen molar-refractivity contribution in [1.29, 1.82) is 0 Å². The van der Waals surface area contributed by atoms with Crippen molar-refractivity contribution in [3.8, 4) is 0 Å². The van der Waals surface area contributed by atoms with E-state index in [4.69, 9.17) is 9.47 Å². The van der Waals surface area contributed by atoms with Gasteiger partial charge in [-0.05, 0) is 26.2 Å². The number of carboxylic acid groups (broad SMARTS) is 1. The molecule has 0 aliphatic heterocycles. The molecule has 0 radical (unpaired) electrons. The molecule has 1 N–H and O–H groups in total. The summed E-state index contributed by atoms with van der Waals surface area (Å²) in [7, 11) is -4.93. The Kier molecular flexibility index (Phi) is 21.0. The van der Waals surface area contributed by atoms with Gasteiger partial charge in [0, 0.05) is 0 Å². The molecule has 0 rings (SSSR count). The summed E-state index contributed by atoms with van der Waals surface area (Å²) < 4.78 is 49.6. The van der Waals surface area contributed by atoms with Crippen molar-refractivity contribution in [2.75, 3.05) is 12.4 Å². The van der Waals surface area contributed by atoms with Gasteiger partial charge in [0.1, 0.15) is 0 Å². The lowest BCUT2D eigenvalue weighted by molar-refractivity contribution is -0.217. The molecule has 9 heteroatoms. The zero-order chi connectivity index (χ0) is 27.3. The van der Waals surface area contributed by atoms with E-state index < -0.39 is 41.1 Å². The summed E-state index contributed by atoms with van der Waals surface area (Å²) in [6.07, 6.45) is 16.0. The van der Waals surface area contributed by atoms with E-state index in [2.05, 4.69) is 13.8 Å². The smallest absolute Gasteiger partial charge is 0.472 e. The third-order valence-electron chi connectivity index (χ3n) is 6.64. The lowest BCUT2D eigenvalue weighted by Crippen LogP contribution is -2.46. The summed E-state index contributed by atoms with van der Waals surface area (Å²) >= 11 is 0. The minimum Gasteiger partial charge on any atom is -0.474 e. The van der Waals surface area contributed by atoms with Gasteiger partial charge >= 0.3 is 20.0 Å².